The molecule has 3 rings (SSSR count). The molecule has 1 N–H and O–H groups in total. The van der Waals surface area contributed by atoms with Crippen LogP contribution in [0.4, 0.5) is 5.69 Å². The van der Waals surface area contributed by atoms with Gasteiger partial charge in [0.2, 0.25) is 21.8 Å². The summed E-state index contributed by atoms with van der Waals surface area (Å²) in [5, 5.41) is 2.90. The highest BCUT2D eigenvalue weighted by Crippen LogP contribution is 2.21. The number of benzene rings is 3. The number of hydrogen-bond donors (Lipinski definition) is 1. The molecule has 0 saturated carbocycles. The number of amides is 2. The third kappa shape index (κ3) is 8.96. The number of carbonyl (C=O) groups excluding carboxylic acids is 2. The Morgan fingerprint density at radius 3 is 2.13 bits per heavy atom. The largest absolute Gasteiger partial charge is 0.355 e. The highest BCUT2D eigenvalue weighted by molar-refractivity contribution is 7.92. The maximum Gasteiger partial charge on any atom is 0.243 e. The Kier molecular flexibility index (Phi) is 10.7. The molecule has 7 nitrogen and oxygen atoms in total. The van der Waals surface area contributed by atoms with Crippen molar-refractivity contribution in [2.75, 3.05) is 23.7 Å². The van der Waals surface area contributed by atoms with E-state index < -0.39 is 16.1 Å². The maximum absolute atomic E-state index is 13.8. The van der Waals surface area contributed by atoms with Crippen LogP contribution in [0.5, 0.6) is 0 Å². The van der Waals surface area contributed by atoms with Crippen LogP contribution in [0.2, 0.25) is 0 Å². The number of aryl methyl sites for hydroxylation is 2. The summed E-state index contributed by atoms with van der Waals surface area (Å²) in [6.45, 7) is 6.65. The molecule has 0 radical (unpaired) electrons. The molecule has 0 heterocycles. The van der Waals surface area contributed by atoms with E-state index in [9.17, 15) is 18.0 Å². The van der Waals surface area contributed by atoms with Gasteiger partial charge in [-0.2, -0.15) is 0 Å². The molecular formula is C31H39N3O4S. The number of nitrogens with zero attached hydrogens (tertiary/aromatic N) is 2. The molecule has 0 saturated heterocycles. The van der Waals surface area contributed by atoms with E-state index in [0.717, 1.165) is 22.3 Å². The lowest BCUT2D eigenvalue weighted by atomic mass is 10.0. The molecule has 39 heavy (non-hydrogen) atoms. The van der Waals surface area contributed by atoms with Gasteiger partial charge in [-0.15, -0.1) is 0 Å². The molecule has 0 aliphatic heterocycles. The summed E-state index contributed by atoms with van der Waals surface area (Å²) < 4.78 is 26.5. The molecule has 0 spiro atoms. The van der Waals surface area contributed by atoms with E-state index in [1.165, 1.54) is 10.6 Å². The van der Waals surface area contributed by atoms with Crippen LogP contribution in [0.25, 0.3) is 0 Å². The lowest BCUT2D eigenvalue weighted by molar-refractivity contribution is -0.141. The van der Waals surface area contributed by atoms with Gasteiger partial charge in [0.1, 0.15) is 6.04 Å². The minimum atomic E-state index is -3.54. The van der Waals surface area contributed by atoms with Crippen molar-refractivity contribution in [3.05, 3.63) is 101 Å². The van der Waals surface area contributed by atoms with Crippen molar-refractivity contribution < 1.29 is 18.0 Å². The molecule has 1 unspecified atom stereocenters. The van der Waals surface area contributed by atoms with Gasteiger partial charge >= 0.3 is 0 Å². The number of hydrogen-bond acceptors (Lipinski definition) is 4. The SMILES string of the molecule is CCNC(=O)C(Cc1ccccc1)N(Cc1cccc(C)c1)C(=O)CCCN(c1cccc(C)c1)S(C)(=O)=O. The number of rotatable bonds is 13. The van der Waals surface area contributed by atoms with Crippen molar-refractivity contribution in [2.45, 2.75) is 52.6 Å². The predicted octanol–water partition coefficient (Wildman–Crippen LogP) is 4.63. The molecule has 0 fully saturated rings. The highest BCUT2D eigenvalue weighted by atomic mass is 32.2. The van der Waals surface area contributed by atoms with Crippen LogP contribution in [-0.2, 0) is 32.6 Å². The van der Waals surface area contributed by atoms with Crippen LogP contribution in [0.15, 0.2) is 78.9 Å². The first kappa shape index (κ1) is 29.9. The van der Waals surface area contributed by atoms with Crippen molar-refractivity contribution >= 4 is 27.5 Å². The van der Waals surface area contributed by atoms with Gasteiger partial charge in [-0.05, 0) is 56.0 Å². The van der Waals surface area contributed by atoms with Gasteiger partial charge in [0.15, 0.2) is 0 Å². The molecule has 0 aliphatic rings. The zero-order chi connectivity index (χ0) is 28.4. The molecule has 3 aromatic carbocycles. The van der Waals surface area contributed by atoms with Gasteiger partial charge in [0, 0.05) is 32.5 Å². The summed E-state index contributed by atoms with van der Waals surface area (Å²) in [4.78, 5) is 28.7. The Morgan fingerprint density at radius 2 is 1.51 bits per heavy atom. The Labute approximate surface area is 232 Å². The second-order valence-electron chi connectivity index (χ2n) is 9.89. The average molecular weight is 550 g/mol. The smallest absolute Gasteiger partial charge is 0.243 e. The first-order chi connectivity index (χ1) is 18.6. The molecule has 8 heteroatoms. The lowest BCUT2D eigenvalue weighted by Crippen LogP contribution is -2.50. The van der Waals surface area contributed by atoms with Crippen molar-refractivity contribution in [1.82, 2.24) is 10.2 Å². The minimum absolute atomic E-state index is 0.106. The van der Waals surface area contributed by atoms with Gasteiger partial charge in [-0.25, -0.2) is 8.42 Å². The topological polar surface area (TPSA) is 86.8 Å². The molecule has 0 aliphatic carbocycles. The van der Waals surface area contributed by atoms with Crippen LogP contribution >= 0.6 is 0 Å². The van der Waals surface area contributed by atoms with Crippen molar-refractivity contribution in [1.29, 1.82) is 0 Å². The Balaban J connectivity index is 1.86. The fraction of sp³-hybridized carbons (Fsp3) is 0.355. The van der Waals surface area contributed by atoms with Gasteiger partial charge in [0.25, 0.3) is 0 Å². The summed E-state index contributed by atoms with van der Waals surface area (Å²) >= 11 is 0. The van der Waals surface area contributed by atoms with Gasteiger partial charge < -0.3 is 10.2 Å². The summed E-state index contributed by atoms with van der Waals surface area (Å²) in [5.74, 6) is -0.402. The quantitative estimate of drug-likeness (QED) is 0.337. The van der Waals surface area contributed by atoms with E-state index in [0.29, 0.717) is 25.1 Å². The van der Waals surface area contributed by atoms with Crippen LogP contribution in [0.3, 0.4) is 0 Å². The number of sulfonamides is 1. The first-order valence-electron chi connectivity index (χ1n) is 13.3. The number of carbonyl (C=O) groups is 2. The van der Waals surface area contributed by atoms with Crippen molar-refractivity contribution in [3.8, 4) is 0 Å². The first-order valence-corrected chi connectivity index (χ1v) is 15.1. The Bertz CT molecular complexity index is 1360. The van der Waals surface area contributed by atoms with Crippen molar-refractivity contribution in [3.63, 3.8) is 0 Å². The Hall–Kier alpha value is -3.65. The molecule has 0 aromatic heterocycles. The van der Waals surface area contributed by atoms with Gasteiger partial charge in [0.05, 0.1) is 11.9 Å². The lowest BCUT2D eigenvalue weighted by Gasteiger charge is -2.32. The van der Waals surface area contributed by atoms with E-state index in [1.807, 2.05) is 93.6 Å². The molecule has 3 aromatic rings. The number of anilines is 1. The van der Waals surface area contributed by atoms with E-state index in [4.69, 9.17) is 0 Å². The minimum Gasteiger partial charge on any atom is -0.355 e. The molecule has 2 amide bonds. The van der Waals surface area contributed by atoms with Gasteiger partial charge in [-0.3, -0.25) is 13.9 Å². The van der Waals surface area contributed by atoms with E-state index in [1.54, 1.807) is 11.0 Å². The van der Waals surface area contributed by atoms with E-state index in [2.05, 4.69) is 5.32 Å². The second kappa shape index (κ2) is 13.9. The zero-order valence-corrected chi connectivity index (χ0v) is 24.1. The zero-order valence-electron chi connectivity index (χ0n) is 23.3. The summed E-state index contributed by atoms with van der Waals surface area (Å²) in [7, 11) is -3.54. The summed E-state index contributed by atoms with van der Waals surface area (Å²) in [6.07, 6.45) is 1.97. The monoisotopic (exact) mass is 549 g/mol. The van der Waals surface area contributed by atoms with Crippen LogP contribution < -0.4 is 9.62 Å². The molecule has 0 bridgehead atoms. The highest BCUT2D eigenvalue weighted by Gasteiger charge is 2.30. The predicted molar refractivity (Wildman–Crippen MR) is 157 cm³/mol. The normalized spacial score (nSPS) is 12.0. The maximum atomic E-state index is 13.8. The summed E-state index contributed by atoms with van der Waals surface area (Å²) in [6, 6.07) is 24.2. The second-order valence-corrected chi connectivity index (χ2v) is 11.8. The number of likely N-dealkylation sites (N-methyl/N-ethyl adjacent to an activating group) is 1. The van der Waals surface area contributed by atoms with E-state index >= 15 is 0 Å². The third-order valence-electron chi connectivity index (χ3n) is 6.50. The fourth-order valence-corrected chi connectivity index (χ4v) is 5.60. The summed E-state index contributed by atoms with van der Waals surface area (Å²) in [5.41, 5.74) is 4.49. The number of nitrogens with one attached hydrogen (secondary N) is 1. The third-order valence-corrected chi connectivity index (χ3v) is 7.69. The molecule has 208 valence electrons. The van der Waals surface area contributed by atoms with E-state index in [-0.39, 0.29) is 31.3 Å². The van der Waals surface area contributed by atoms with Crippen molar-refractivity contribution in [2.24, 2.45) is 0 Å². The van der Waals surface area contributed by atoms with Gasteiger partial charge in [-0.1, -0.05) is 72.3 Å². The standard InChI is InChI=1S/C31H39N3O4S/c1-5-32-31(36)29(22-26-14-7-6-8-15-26)33(23-27-16-9-12-24(2)20-27)30(35)18-11-19-34(39(4,37)38)28-17-10-13-25(3)21-28/h6-10,12-17,20-21,29H,5,11,18-19,22-23H2,1-4H3,(H,32,36). The average Bonchev–Trinajstić information content (AvgIpc) is 2.88. The van der Waals surface area contributed by atoms with Crippen LogP contribution in [-0.4, -0.2) is 50.5 Å². The molecular weight excluding hydrogens is 510 g/mol. The van der Waals surface area contributed by atoms with Crippen LogP contribution in [0, 0.1) is 13.8 Å². The Morgan fingerprint density at radius 1 is 0.872 bits per heavy atom. The van der Waals surface area contributed by atoms with Crippen LogP contribution in [0.1, 0.15) is 42.0 Å². The molecule has 1 atom stereocenters. The fourth-order valence-electron chi connectivity index (χ4n) is 4.64.